The van der Waals surface area contributed by atoms with Crippen molar-refractivity contribution in [2.45, 2.75) is 38.5 Å². The SMILES string of the molecule is C[C@H](NC(=O)[C@@H]1CCCN1C(=O)OCc1ccccc1)c1ccccc1. The minimum absolute atomic E-state index is 0.105. The molecule has 0 bridgehead atoms. The molecular weight excluding hydrogens is 328 g/mol. The highest BCUT2D eigenvalue weighted by molar-refractivity contribution is 5.86. The molecule has 2 aromatic rings. The number of rotatable bonds is 5. The maximum Gasteiger partial charge on any atom is 0.410 e. The third-order valence-electron chi connectivity index (χ3n) is 4.65. The van der Waals surface area contributed by atoms with E-state index in [1.807, 2.05) is 67.6 Å². The zero-order chi connectivity index (χ0) is 18.4. The van der Waals surface area contributed by atoms with Crippen molar-refractivity contribution in [3.8, 4) is 0 Å². The molecular formula is C21H24N2O3. The molecule has 1 heterocycles. The molecule has 2 amide bonds. The van der Waals surface area contributed by atoms with E-state index < -0.39 is 12.1 Å². The van der Waals surface area contributed by atoms with E-state index in [9.17, 15) is 9.59 Å². The lowest BCUT2D eigenvalue weighted by Gasteiger charge is -2.25. The van der Waals surface area contributed by atoms with Gasteiger partial charge in [-0.25, -0.2) is 4.79 Å². The van der Waals surface area contributed by atoms with Gasteiger partial charge in [-0.1, -0.05) is 60.7 Å². The summed E-state index contributed by atoms with van der Waals surface area (Å²) < 4.78 is 5.39. The number of ether oxygens (including phenoxy) is 1. The normalized spacial score (nSPS) is 17.6. The molecule has 136 valence electrons. The van der Waals surface area contributed by atoms with Crippen LogP contribution in [0.4, 0.5) is 4.79 Å². The van der Waals surface area contributed by atoms with Gasteiger partial charge in [-0.15, -0.1) is 0 Å². The minimum Gasteiger partial charge on any atom is -0.445 e. The van der Waals surface area contributed by atoms with Gasteiger partial charge in [0.05, 0.1) is 6.04 Å². The van der Waals surface area contributed by atoms with Gasteiger partial charge in [0, 0.05) is 6.54 Å². The van der Waals surface area contributed by atoms with Crippen LogP contribution in [0.3, 0.4) is 0 Å². The Bertz CT molecular complexity index is 733. The number of likely N-dealkylation sites (tertiary alicyclic amines) is 1. The fourth-order valence-corrected chi connectivity index (χ4v) is 3.19. The molecule has 1 fully saturated rings. The first kappa shape index (κ1) is 18.0. The van der Waals surface area contributed by atoms with Crippen LogP contribution in [-0.4, -0.2) is 29.5 Å². The van der Waals surface area contributed by atoms with Gasteiger partial charge in [-0.2, -0.15) is 0 Å². The first-order chi connectivity index (χ1) is 12.6. The minimum atomic E-state index is -0.468. The van der Waals surface area contributed by atoms with Crippen LogP contribution in [-0.2, 0) is 16.1 Å². The van der Waals surface area contributed by atoms with Gasteiger partial charge in [-0.3, -0.25) is 9.69 Å². The quantitative estimate of drug-likeness (QED) is 0.893. The lowest BCUT2D eigenvalue weighted by molar-refractivity contribution is -0.125. The van der Waals surface area contributed by atoms with Gasteiger partial charge in [0.1, 0.15) is 12.6 Å². The Morgan fingerprint density at radius 3 is 2.46 bits per heavy atom. The van der Waals surface area contributed by atoms with E-state index in [1.165, 1.54) is 4.90 Å². The Balaban J connectivity index is 1.56. The van der Waals surface area contributed by atoms with Crippen molar-refractivity contribution in [3.63, 3.8) is 0 Å². The van der Waals surface area contributed by atoms with Gasteiger partial charge in [0.2, 0.25) is 5.91 Å². The monoisotopic (exact) mass is 352 g/mol. The van der Waals surface area contributed by atoms with E-state index in [4.69, 9.17) is 4.74 Å². The van der Waals surface area contributed by atoms with Gasteiger partial charge in [0.15, 0.2) is 0 Å². The molecule has 0 aromatic heterocycles. The van der Waals surface area contributed by atoms with E-state index >= 15 is 0 Å². The molecule has 1 N–H and O–H groups in total. The number of hydrogen-bond acceptors (Lipinski definition) is 3. The Kier molecular flexibility index (Phi) is 5.89. The number of hydrogen-bond donors (Lipinski definition) is 1. The van der Waals surface area contributed by atoms with Crippen molar-refractivity contribution in [2.75, 3.05) is 6.54 Å². The second-order valence-corrected chi connectivity index (χ2v) is 6.53. The predicted octanol–water partition coefficient (Wildman–Crippen LogP) is 3.67. The molecule has 0 radical (unpaired) electrons. The van der Waals surface area contributed by atoms with E-state index in [1.54, 1.807) is 0 Å². The second kappa shape index (κ2) is 8.52. The molecule has 5 heteroatoms. The zero-order valence-electron chi connectivity index (χ0n) is 14.9. The molecule has 2 atom stereocenters. The number of nitrogens with one attached hydrogen (secondary N) is 1. The Morgan fingerprint density at radius 2 is 1.77 bits per heavy atom. The molecule has 2 aromatic carbocycles. The van der Waals surface area contributed by atoms with Crippen molar-refractivity contribution in [1.29, 1.82) is 0 Å². The van der Waals surface area contributed by atoms with Crippen molar-refractivity contribution in [2.24, 2.45) is 0 Å². The van der Waals surface area contributed by atoms with Crippen LogP contribution in [0.25, 0.3) is 0 Å². The van der Waals surface area contributed by atoms with Crippen LogP contribution in [0.2, 0.25) is 0 Å². The predicted molar refractivity (Wildman–Crippen MR) is 99.4 cm³/mol. The average Bonchev–Trinajstić information content (AvgIpc) is 3.17. The van der Waals surface area contributed by atoms with Crippen LogP contribution < -0.4 is 5.32 Å². The summed E-state index contributed by atoms with van der Waals surface area (Å²) in [6, 6.07) is 18.8. The average molecular weight is 352 g/mol. The van der Waals surface area contributed by atoms with Crippen LogP contribution in [0.1, 0.15) is 36.9 Å². The molecule has 26 heavy (non-hydrogen) atoms. The standard InChI is InChI=1S/C21H24N2O3/c1-16(18-11-6-3-7-12-18)22-20(24)19-13-8-14-23(19)21(25)26-15-17-9-4-2-5-10-17/h2-7,9-12,16,19H,8,13-15H2,1H3,(H,22,24)/t16-,19-/m0/s1. The summed E-state index contributed by atoms with van der Waals surface area (Å²) in [4.78, 5) is 26.6. The largest absolute Gasteiger partial charge is 0.445 e. The summed E-state index contributed by atoms with van der Waals surface area (Å²) in [6.45, 7) is 2.70. The molecule has 1 aliphatic rings. The molecule has 0 aliphatic carbocycles. The van der Waals surface area contributed by atoms with Gasteiger partial charge in [0.25, 0.3) is 0 Å². The van der Waals surface area contributed by atoms with Crippen molar-refractivity contribution in [3.05, 3.63) is 71.8 Å². The van der Waals surface area contributed by atoms with Crippen LogP contribution in [0.15, 0.2) is 60.7 Å². The number of carbonyl (C=O) groups excluding carboxylic acids is 2. The molecule has 0 saturated carbocycles. The number of amides is 2. The van der Waals surface area contributed by atoms with Crippen LogP contribution in [0.5, 0.6) is 0 Å². The number of benzene rings is 2. The Labute approximate surface area is 154 Å². The fourth-order valence-electron chi connectivity index (χ4n) is 3.19. The fraction of sp³-hybridized carbons (Fsp3) is 0.333. The van der Waals surface area contributed by atoms with E-state index in [2.05, 4.69) is 5.32 Å². The highest BCUT2D eigenvalue weighted by Gasteiger charge is 2.35. The number of carbonyl (C=O) groups is 2. The molecule has 3 rings (SSSR count). The van der Waals surface area contributed by atoms with Gasteiger partial charge >= 0.3 is 6.09 Å². The maximum absolute atomic E-state index is 12.7. The summed E-state index contributed by atoms with van der Waals surface area (Å²) >= 11 is 0. The second-order valence-electron chi connectivity index (χ2n) is 6.53. The maximum atomic E-state index is 12.7. The first-order valence-corrected chi connectivity index (χ1v) is 8.98. The van der Waals surface area contributed by atoms with Crippen molar-refractivity contribution < 1.29 is 14.3 Å². The molecule has 1 saturated heterocycles. The van der Waals surface area contributed by atoms with E-state index in [0.29, 0.717) is 13.0 Å². The number of nitrogens with zero attached hydrogens (tertiary/aromatic N) is 1. The van der Waals surface area contributed by atoms with Crippen LogP contribution >= 0.6 is 0 Å². The van der Waals surface area contributed by atoms with Gasteiger partial charge < -0.3 is 10.1 Å². The third-order valence-corrected chi connectivity index (χ3v) is 4.65. The lowest BCUT2D eigenvalue weighted by Crippen LogP contribution is -2.46. The summed E-state index contributed by atoms with van der Waals surface area (Å²) in [5, 5.41) is 3.01. The highest BCUT2D eigenvalue weighted by Crippen LogP contribution is 2.21. The summed E-state index contributed by atoms with van der Waals surface area (Å²) in [7, 11) is 0. The molecule has 1 aliphatic heterocycles. The third kappa shape index (κ3) is 4.42. The lowest BCUT2D eigenvalue weighted by atomic mass is 10.1. The molecule has 0 spiro atoms. The Morgan fingerprint density at radius 1 is 1.12 bits per heavy atom. The van der Waals surface area contributed by atoms with Crippen molar-refractivity contribution >= 4 is 12.0 Å². The summed E-state index contributed by atoms with van der Waals surface area (Å²) in [6.07, 6.45) is 1.03. The molecule has 0 unspecified atom stereocenters. The smallest absolute Gasteiger partial charge is 0.410 e. The Hall–Kier alpha value is -2.82. The van der Waals surface area contributed by atoms with Crippen LogP contribution in [0, 0.1) is 0 Å². The first-order valence-electron chi connectivity index (χ1n) is 8.98. The zero-order valence-corrected chi connectivity index (χ0v) is 14.9. The summed E-state index contributed by atoms with van der Waals surface area (Å²) in [5.41, 5.74) is 1.97. The summed E-state index contributed by atoms with van der Waals surface area (Å²) in [5.74, 6) is -0.129. The van der Waals surface area contributed by atoms with E-state index in [-0.39, 0.29) is 18.6 Å². The van der Waals surface area contributed by atoms with Crippen molar-refractivity contribution in [1.82, 2.24) is 10.2 Å². The highest BCUT2D eigenvalue weighted by atomic mass is 16.6. The van der Waals surface area contributed by atoms with E-state index in [0.717, 1.165) is 17.5 Å². The van der Waals surface area contributed by atoms with Gasteiger partial charge in [-0.05, 0) is 30.9 Å². The topological polar surface area (TPSA) is 58.6 Å². The molecule has 5 nitrogen and oxygen atoms in total.